The van der Waals surface area contributed by atoms with E-state index in [2.05, 4.69) is 30.4 Å². The number of aromatic hydroxyl groups is 1. The highest BCUT2D eigenvalue weighted by Gasteiger charge is 2.25. The Hall–Kier alpha value is -5.44. The molecule has 6 aromatic rings. The first-order chi connectivity index (χ1) is 22.6. The number of azo groups is 2. The third-order valence-electron chi connectivity index (χ3n) is 6.89. The zero-order valence-electron chi connectivity index (χ0n) is 23.9. The van der Waals surface area contributed by atoms with Crippen molar-refractivity contribution in [3.05, 3.63) is 91.0 Å². The number of nitrogens with zero attached hydrogens (tertiary/aromatic N) is 5. The van der Waals surface area contributed by atoms with Crippen LogP contribution in [0.25, 0.3) is 33.2 Å². The highest BCUT2D eigenvalue weighted by atomic mass is 32.2. The van der Waals surface area contributed by atoms with Crippen molar-refractivity contribution in [3.8, 4) is 17.1 Å². The monoisotopic (exact) mass is 708 g/mol. The SMILES string of the molecule is O=S(=O)(O)c1ccc(/N=N/c2ccc(/N=N/c3c(S(=O)(=O)O)cc4ccc5nc(-c6ccccc6)[nH]c5c4c3O)c(S(=O)(=O)O)c2)cc1. The van der Waals surface area contributed by atoms with Crippen molar-refractivity contribution < 1.29 is 44.0 Å². The first-order valence-corrected chi connectivity index (χ1v) is 17.7. The van der Waals surface area contributed by atoms with E-state index >= 15 is 0 Å². The molecule has 0 saturated heterocycles. The maximum Gasteiger partial charge on any atom is 0.296 e. The van der Waals surface area contributed by atoms with E-state index in [1.165, 1.54) is 24.3 Å². The minimum absolute atomic E-state index is 0.0823. The third kappa shape index (κ3) is 6.53. The largest absolute Gasteiger partial charge is 0.505 e. The summed E-state index contributed by atoms with van der Waals surface area (Å²) >= 11 is 0. The van der Waals surface area contributed by atoms with Crippen molar-refractivity contribution in [1.29, 1.82) is 0 Å². The van der Waals surface area contributed by atoms with Crippen LogP contribution in [0.1, 0.15) is 0 Å². The van der Waals surface area contributed by atoms with Crippen LogP contribution in [0.2, 0.25) is 0 Å². The van der Waals surface area contributed by atoms with E-state index in [-0.39, 0.29) is 27.0 Å². The molecule has 0 saturated carbocycles. The van der Waals surface area contributed by atoms with Crippen molar-refractivity contribution >= 4 is 74.9 Å². The number of hydrogen-bond acceptors (Lipinski definition) is 12. The standard InChI is InChI=1S/C29H20N6O10S3/c36-28-25-17(6-12-22-26(25)31-29(30-22)16-4-2-1-3-5-16)14-24(48(43,44)45)27(28)35-34-21-13-9-19(15-23(21)47(40,41)42)33-32-18-7-10-20(11-8-18)46(37,38)39/h1-15,36H,(H,30,31)(H,37,38,39)(H,40,41,42)(H,43,44,45)/b33-32+,35-34+. The Morgan fingerprint density at radius 3 is 1.92 bits per heavy atom. The Labute approximate surface area is 271 Å². The number of phenolic OH excluding ortho intramolecular Hbond substituents is 1. The fourth-order valence-electron chi connectivity index (χ4n) is 4.70. The van der Waals surface area contributed by atoms with Crippen LogP contribution < -0.4 is 0 Å². The van der Waals surface area contributed by atoms with Crippen LogP contribution >= 0.6 is 0 Å². The highest BCUT2D eigenvalue weighted by Crippen LogP contribution is 2.44. The molecule has 0 bridgehead atoms. The number of imidazole rings is 1. The van der Waals surface area contributed by atoms with E-state index in [0.717, 1.165) is 35.9 Å². The summed E-state index contributed by atoms with van der Waals surface area (Å²) in [6.07, 6.45) is 0. The molecule has 5 N–H and O–H groups in total. The Bertz CT molecular complexity index is 2640. The van der Waals surface area contributed by atoms with Crippen LogP contribution in [0.5, 0.6) is 5.75 Å². The van der Waals surface area contributed by atoms with Gasteiger partial charge in [-0.2, -0.15) is 35.5 Å². The van der Waals surface area contributed by atoms with E-state index in [1.54, 1.807) is 30.3 Å². The van der Waals surface area contributed by atoms with Crippen molar-refractivity contribution in [2.75, 3.05) is 0 Å². The van der Waals surface area contributed by atoms with Crippen molar-refractivity contribution in [1.82, 2.24) is 9.97 Å². The van der Waals surface area contributed by atoms with Gasteiger partial charge in [0.2, 0.25) is 0 Å². The summed E-state index contributed by atoms with van der Waals surface area (Å²) in [4.78, 5) is 5.59. The minimum Gasteiger partial charge on any atom is -0.505 e. The number of phenols is 1. The molecule has 16 nitrogen and oxygen atoms in total. The average molecular weight is 709 g/mol. The topological polar surface area (TPSA) is 261 Å². The van der Waals surface area contributed by atoms with E-state index in [4.69, 9.17) is 4.55 Å². The van der Waals surface area contributed by atoms with Crippen molar-refractivity contribution in [3.63, 3.8) is 0 Å². The zero-order chi connectivity index (χ0) is 34.4. The number of rotatable bonds is 8. The molecule has 0 fully saturated rings. The molecule has 0 amide bonds. The molecule has 0 radical (unpaired) electrons. The summed E-state index contributed by atoms with van der Waals surface area (Å²) in [5.41, 5.74) is 0.240. The van der Waals surface area contributed by atoms with E-state index in [0.29, 0.717) is 16.9 Å². The first kappa shape index (κ1) is 32.5. The molecule has 0 aliphatic heterocycles. The van der Waals surface area contributed by atoms with Gasteiger partial charge in [-0.25, -0.2) is 4.98 Å². The zero-order valence-corrected chi connectivity index (χ0v) is 26.3. The van der Waals surface area contributed by atoms with Crippen LogP contribution in [-0.4, -0.2) is 54.0 Å². The van der Waals surface area contributed by atoms with Gasteiger partial charge in [0.25, 0.3) is 30.4 Å². The second kappa shape index (κ2) is 12.0. The number of nitrogens with one attached hydrogen (secondary N) is 1. The quantitative estimate of drug-likeness (QED) is 0.0824. The molecule has 19 heteroatoms. The number of hydrogen-bond donors (Lipinski definition) is 5. The van der Waals surface area contributed by atoms with Crippen LogP contribution in [0, 0.1) is 0 Å². The summed E-state index contributed by atoms with van der Waals surface area (Å²) in [6, 6.07) is 20.9. The predicted molar refractivity (Wildman–Crippen MR) is 171 cm³/mol. The van der Waals surface area contributed by atoms with Gasteiger partial charge in [-0.1, -0.05) is 36.4 Å². The van der Waals surface area contributed by atoms with Crippen LogP contribution in [0.4, 0.5) is 22.7 Å². The van der Waals surface area contributed by atoms with Crippen LogP contribution in [0.15, 0.2) is 126 Å². The number of aromatic amines is 1. The van der Waals surface area contributed by atoms with Gasteiger partial charge in [0.05, 0.1) is 32.7 Å². The highest BCUT2D eigenvalue weighted by molar-refractivity contribution is 7.86. The number of fused-ring (bicyclic) bond motifs is 3. The normalized spacial score (nSPS) is 12.9. The number of benzene rings is 5. The molecule has 0 spiro atoms. The smallest absolute Gasteiger partial charge is 0.296 e. The first-order valence-electron chi connectivity index (χ1n) is 13.3. The van der Waals surface area contributed by atoms with Gasteiger partial charge < -0.3 is 10.1 Å². The molecule has 0 aliphatic carbocycles. The summed E-state index contributed by atoms with van der Waals surface area (Å²) in [5, 5.41) is 26.9. The van der Waals surface area contributed by atoms with Gasteiger partial charge in [-0.3, -0.25) is 13.7 Å². The number of aromatic nitrogens is 2. The van der Waals surface area contributed by atoms with Crippen molar-refractivity contribution in [2.24, 2.45) is 20.5 Å². The molecular weight excluding hydrogens is 689 g/mol. The summed E-state index contributed by atoms with van der Waals surface area (Å²) in [5.74, 6) is -0.277. The van der Waals surface area contributed by atoms with Gasteiger partial charge in [-0.15, -0.1) is 10.2 Å². The second-order valence-corrected chi connectivity index (χ2v) is 14.3. The molecule has 244 valence electrons. The second-order valence-electron chi connectivity index (χ2n) is 10.1. The Morgan fingerprint density at radius 1 is 0.625 bits per heavy atom. The maximum absolute atomic E-state index is 12.4. The fourth-order valence-corrected chi connectivity index (χ4v) is 6.48. The molecule has 48 heavy (non-hydrogen) atoms. The van der Waals surface area contributed by atoms with E-state index < -0.39 is 57.3 Å². The molecular formula is C29H20N6O10S3. The lowest BCUT2D eigenvalue weighted by molar-refractivity contribution is 0.472. The molecule has 5 aromatic carbocycles. The van der Waals surface area contributed by atoms with Gasteiger partial charge in [-0.05, 0) is 60.0 Å². The summed E-state index contributed by atoms with van der Waals surface area (Å²) in [6.45, 7) is 0. The predicted octanol–water partition coefficient (Wildman–Crippen LogP) is 6.66. The third-order valence-corrected chi connectivity index (χ3v) is 9.51. The lowest BCUT2D eigenvalue weighted by Gasteiger charge is -2.10. The molecule has 0 unspecified atom stereocenters. The van der Waals surface area contributed by atoms with Gasteiger partial charge in [0.1, 0.15) is 27.0 Å². The van der Waals surface area contributed by atoms with Crippen molar-refractivity contribution in [2.45, 2.75) is 14.7 Å². The molecule has 0 atom stereocenters. The summed E-state index contributed by atoms with van der Waals surface area (Å²) < 4.78 is 101. The van der Waals surface area contributed by atoms with Crippen LogP contribution in [0.3, 0.4) is 0 Å². The Kier molecular flexibility index (Phi) is 8.11. The van der Waals surface area contributed by atoms with E-state index in [1.807, 2.05) is 6.07 Å². The molecule has 6 rings (SSSR count). The fraction of sp³-hybridized carbons (Fsp3) is 0. The Balaban J connectivity index is 1.44. The minimum atomic E-state index is -5.01. The number of H-pyrrole nitrogens is 1. The lowest BCUT2D eigenvalue weighted by Crippen LogP contribution is -1.99. The maximum atomic E-state index is 12.4. The molecule has 0 aliphatic rings. The summed E-state index contributed by atoms with van der Waals surface area (Å²) in [7, 11) is -14.4. The van der Waals surface area contributed by atoms with Gasteiger partial charge >= 0.3 is 0 Å². The van der Waals surface area contributed by atoms with Gasteiger partial charge in [0, 0.05) is 5.56 Å². The Morgan fingerprint density at radius 2 is 1.27 bits per heavy atom. The average Bonchev–Trinajstić information content (AvgIpc) is 3.47. The van der Waals surface area contributed by atoms with Crippen LogP contribution in [-0.2, 0) is 30.4 Å². The lowest BCUT2D eigenvalue weighted by atomic mass is 10.1. The van der Waals surface area contributed by atoms with Gasteiger partial charge in [0.15, 0.2) is 5.75 Å². The molecule has 1 heterocycles. The molecule has 1 aromatic heterocycles. The van der Waals surface area contributed by atoms with E-state index in [9.17, 15) is 39.5 Å².